The normalized spacial score (nSPS) is 15.0. The summed E-state index contributed by atoms with van der Waals surface area (Å²) in [5, 5.41) is 4.05. The highest BCUT2D eigenvalue weighted by Crippen LogP contribution is 2.19. The molecule has 1 aliphatic heterocycles. The van der Waals surface area contributed by atoms with Gasteiger partial charge in [-0.25, -0.2) is 13.1 Å². The Labute approximate surface area is 201 Å². The first-order valence-electron chi connectivity index (χ1n) is 11.2. The second kappa shape index (κ2) is 11.4. The lowest BCUT2D eigenvalue weighted by Gasteiger charge is -2.34. The fourth-order valence-electron chi connectivity index (χ4n) is 3.72. The number of nitrogens with zero attached hydrogens (tertiary/aromatic N) is 2. The zero-order chi connectivity index (χ0) is 24.7. The molecule has 0 spiro atoms. The van der Waals surface area contributed by atoms with Gasteiger partial charge in [0.05, 0.1) is 13.1 Å². The Hall–Kier alpha value is -3.01. The molecule has 2 N–H and O–H groups in total. The van der Waals surface area contributed by atoms with E-state index in [1.807, 2.05) is 68.1 Å². The molecular formula is C25H32N4O4S. The Morgan fingerprint density at radius 2 is 1.56 bits per heavy atom. The lowest BCUT2D eigenvalue weighted by atomic mass is 10.1. The van der Waals surface area contributed by atoms with E-state index in [9.17, 15) is 18.0 Å². The molecule has 0 saturated carbocycles. The zero-order valence-electron chi connectivity index (χ0n) is 19.9. The molecular weight excluding hydrogens is 452 g/mol. The highest BCUT2D eigenvalue weighted by atomic mass is 32.2. The van der Waals surface area contributed by atoms with Gasteiger partial charge in [0.15, 0.2) is 0 Å². The van der Waals surface area contributed by atoms with E-state index in [2.05, 4.69) is 10.0 Å². The highest BCUT2D eigenvalue weighted by molar-refractivity contribution is 7.92. The molecule has 0 aromatic heterocycles. The monoisotopic (exact) mass is 484 g/mol. The summed E-state index contributed by atoms with van der Waals surface area (Å²) in [6.45, 7) is 7.79. The van der Waals surface area contributed by atoms with Crippen LogP contribution in [0, 0.1) is 20.8 Å². The van der Waals surface area contributed by atoms with Gasteiger partial charge in [0.25, 0.3) is 0 Å². The molecule has 2 amide bonds. The summed E-state index contributed by atoms with van der Waals surface area (Å²) in [7, 11) is -3.73. The zero-order valence-corrected chi connectivity index (χ0v) is 20.7. The van der Waals surface area contributed by atoms with Crippen molar-refractivity contribution in [2.45, 2.75) is 20.8 Å². The Morgan fingerprint density at radius 1 is 0.941 bits per heavy atom. The number of carbonyl (C=O) groups excluding carboxylic acids is 2. The molecule has 0 unspecified atom stereocenters. The molecule has 2 aromatic rings. The number of nitrogens with one attached hydrogen (secondary N) is 2. The third-order valence-electron chi connectivity index (χ3n) is 5.78. The average molecular weight is 485 g/mol. The molecule has 0 bridgehead atoms. The van der Waals surface area contributed by atoms with Crippen molar-refractivity contribution in [3.8, 4) is 0 Å². The summed E-state index contributed by atoms with van der Waals surface area (Å²) in [6, 6.07) is 13.3. The van der Waals surface area contributed by atoms with E-state index in [-0.39, 0.29) is 24.9 Å². The Balaban J connectivity index is 1.42. The van der Waals surface area contributed by atoms with Gasteiger partial charge in [-0.15, -0.1) is 0 Å². The smallest absolute Gasteiger partial charge is 0.238 e. The van der Waals surface area contributed by atoms with Gasteiger partial charge in [-0.2, -0.15) is 0 Å². The van der Waals surface area contributed by atoms with Gasteiger partial charge in [-0.05, 0) is 43.5 Å². The number of sulfonamides is 1. The van der Waals surface area contributed by atoms with Crippen molar-refractivity contribution in [1.29, 1.82) is 0 Å². The molecule has 9 heteroatoms. The number of carbonyl (C=O) groups is 2. The standard InChI is InChI=1S/C25H32N4O4S/c1-19-7-9-22(10-8-19)11-16-34(32,33)26-17-24(31)29-14-12-28(13-15-29)18-23(30)27-25-20(2)5-4-6-21(25)3/h4-11,16,26H,12-15,17-18H2,1-3H3,(H,27,30)/b16-11+. The van der Waals surface area contributed by atoms with Crippen molar-refractivity contribution >= 4 is 33.6 Å². The first-order chi connectivity index (χ1) is 16.1. The van der Waals surface area contributed by atoms with Crippen LogP contribution in [-0.4, -0.2) is 69.3 Å². The summed E-state index contributed by atoms with van der Waals surface area (Å²) >= 11 is 0. The maximum absolute atomic E-state index is 12.5. The van der Waals surface area contributed by atoms with E-state index < -0.39 is 10.0 Å². The molecule has 0 atom stereocenters. The Bertz CT molecular complexity index is 1130. The number of piperazine rings is 1. The van der Waals surface area contributed by atoms with E-state index >= 15 is 0 Å². The predicted octanol–water partition coefficient (Wildman–Crippen LogP) is 2.28. The number of hydrogen-bond acceptors (Lipinski definition) is 5. The molecule has 182 valence electrons. The van der Waals surface area contributed by atoms with Gasteiger partial charge in [0, 0.05) is 37.3 Å². The number of hydrogen-bond donors (Lipinski definition) is 2. The molecule has 1 fully saturated rings. The SMILES string of the molecule is Cc1ccc(/C=C/S(=O)(=O)NCC(=O)N2CCN(CC(=O)Nc3c(C)cccc3C)CC2)cc1. The molecule has 8 nitrogen and oxygen atoms in total. The molecule has 2 aromatic carbocycles. The van der Waals surface area contributed by atoms with Gasteiger partial charge in [0.1, 0.15) is 0 Å². The average Bonchev–Trinajstić information content (AvgIpc) is 2.80. The molecule has 34 heavy (non-hydrogen) atoms. The number of anilines is 1. The predicted molar refractivity (Wildman–Crippen MR) is 135 cm³/mol. The second-order valence-electron chi connectivity index (χ2n) is 8.55. The Morgan fingerprint density at radius 3 is 2.18 bits per heavy atom. The van der Waals surface area contributed by atoms with E-state index in [0.29, 0.717) is 26.2 Å². The number of rotatable bonds is 8. The van der Waals surface area contributed by atoms with Crippen LogP contribution in [0.1, 0.15) is 22.3 Å². The van der Waals surface area contributed by atoms with Crippen molar-refractivity contribution < 1.29 is 18.0 Å². The first kappa shape index (κ1) is 25.6. The van der Waals surface area contributed by atoms with Gasteiger partial charge in [-0.1, -0.05) is 48.0 Å². The van der Waals surface area contributed by atoms with Crippen LogP contribution in [0.5, 0.6) is 0 Å². The quantitative estimate of drug-likeness (QED) is 0.599. The van der Waals surface area contributed by atoms with Gasteiger partial charge in [-0.3, -0.25) is 14.5 Å². The van der Waals surface area contributed by atoms with E-state index in [4.69, 9.17) is 0 Å². The van der Waals surface area contributed by atoms with Crippen LogP contribution in [0.4, 0.5) is 5.69 Å². The van der Waals surface area contributed by atoms with Crippen LogP contribution >= 0.6 is 0 Å². The molecule has 1 aliphatic rings. The van der Waals surface area contributed by atoms with Gasteiger partial charge >= 0.3 is 0 Å². The summed E-state index contributed by atoms with van der Waals surface area (Å²) in [6.07, 6.45) is 1.49. The second-order valence-corrected chi connectivity index (χ2v) is 10.2. The van der Waals surface area contributed by atoms with Crippen LogP contribution in [0.3, 0.4) is 0 Å². The third-order valence-corrected chi connectivity index (χ3v) is 6.82. The number of benzene rings is 2. The first-order valence-corrected chi connectivity index (χ1v) is 12.8. The van der Waals surface area contributed by atoms with E-state index in [1.54, 1.807) is 4.90 Å². The topological polar surface area (TPSA) is 98.8 Å². The third kappa shape index (κ3) is 7.51. The minimum atomic E-state index is -3.73. The minimum Gasteiger partial charge on any atom is -0.339 e. The van der Waals surface area contributed by atoms with Crippen molar-refractivity contribution in [3.05, 3.63) is 70.1 Å². The van der Waals surface area contributed by atoms with Crippen molar-refractivity contribution in [3.63, 3.8) is 0 Å². The van der Waals surface area contributed by atoms with Crippen LogP contribution in [0.2, 0.25) is 0 Å². The van der Waals surface area contributed by atoms with Gasteiger partial charge in [0.2, 0.25) is 21.8 Å². The molecule has 3 rings (SSSR count). The molecule has 0 aliphatic carbocycles. The lowest BCUT2D eigenvalue weighted by molar-refractivity contribution is -0.131. The van der Waals surface area contributed by atoms with Crippen LogP contribution < -0.4 is 10.0 Å². The summed E-state index contributed by atoms with van der Waals surface area (Å²) < 4.78 is 26.8. The highest BCUT2D eigenvalue weighted by Gasteiger charge is 2.23. The lowest BCUT2D eigenvalue weighted by Crippen LogP contribution is -2.52. The van der Waals surface area contributed by atoms with Crippen molar-refractivity contribution in [2.24, 2.45) is 0 Å². The number of para-hydroxylation sites is 1. The largest absolute Gasteiger partial charge is 0.339 e. The van der Waals surface area contributed by atoms with Gasteiger partial charge < -0.3 is 10.2 Å². The summed E-state index contributed by atoms with van der Waals surface area (Å²) in [5.74, 6) is -0.378. The van der Waals surface area contributed by atoms with Crippen LogP contribution in [-0.2, 0) is 19.6 Å². The molecule has 1 heterocycles. The Kier molecular flexibility index (Phi) is 8.60. The van der Waals surface area contributed by atoms with Crippen molar-refractivity contribution in [2.75, 3.05) is 44.6 Å². The molecule has 0 radical (unpaired) electrons. The maximum atomic E-state index is 12.5. The number of amides is 2. The van der Waals surface area contributed by atoms with E-state index in [1.165, 1.54) is 6.08 Å². The van der Waals surface area contributed by atoms with Crippen LogP contribution in [0.25, 0.3) is 6.08 Å². The summed E-state index contributed by atoms with van der Waals surface area (Å²) in [4.78, 5) is 28.6. The fourth-order valence-corrected chi connectivity index (χ4v) is 4.47. The minimum absolute atomic E-state index is 0.0923. The maximum Gasteiger partial charge on any atom is 0.238 e. The fraction of sp³-hybridized carbons (Fsp3) is 0.360. The number of aryl methyl sites for hydroxylation is 3. The van der Waals surface area contributed by atoms with Crippen LogP contribution in [0.15, 0.2) is 47.9 Å². The summed E-state index contributed by atoms with van der Waals surface area (Å²) in [5.41, 5.74) is 4.72. The van der Waals surface area contributed by atoms with Crippen molar-refractivity contribution in [1.82, 2.24) is 14.5 Å². The molecule has 1 saturated heterocycles. The van der Waals surface area contributed by atoms with E-state index in [0.717, 1.165) is 33.3 Å².